The second-order valence-electron chi connectivity index (χ2n) is 9.80. The van der Waals surface area contributed by atoms with Crippen LogP contribution in [0.25, 0.3) is 0 Å². The third-order valence-electron chi connectivity index (χ3n) is 6.92. The van der Waals surface area contributed by atoms with E-state index in [1.54, 1.807) is 6.20 Å². The second kappa shape index (κ2) is 15.4. The molecule has 9 heteroatoms. The van der Waals surface area contributed by atoms with Crippen molar-refractivity contribution in [2.45, 2.75) is 77.2 Å². The molecular weight excluding hydrogens is 458 g/mol. The molecule has 0 radical (unpaired) electrons. The van der Waals surface area contributed by atoms with E-state index in [1.807, 2.05) is 18.2 Å². The van der Waals surface area contributed by atoms with Crippen molar-refractivity contribution in [2.75, 3.05) is 50.7 Å². The molecule has 1 atom stereocenters. The van der Waals surface area contributed by atoms with E-state index in [1.165, 1.54) is 43.4 Å². The Bertz CT molecular complexity index is 798. The maximum absolute atomic E-state index is 12.5. The molecule has 1 unspecified atom stereocenters. The molecule has 2 saturated heterocycles. The van der Waals surface area contributed by atoms with Gasteiger partial charge in [-0.2, -0.15) is 0 Å². The number of anilines is 1. The number of hydrogen-bond donors (Lipinski definition) is 1. The quantitative estimate of drug-likeness (QED) is 0.290. The highest BCUT2D eigenvalue weighted by Crippen LogP contribution is 2.16. The molecule has 3 amide bonds. The summed E-state index contributed by atoms with van der Waals surface area (Å²) in [6, 6.07) is 5.89. The minimum atomic E-state index is -0.559. The van der Waals surface area contributed by atoms with Crippen molar-refractivity contribution in [1.29, 1.82) is 0 Å². The summed E-state index contributed by atoms with van der Waals surface area (Å²) in [7, 11) is 0. The summed E-state index contributed by atoms with van der Waals surface area (Å²) in [5, 5.41) is 2.85. The van der Waals surface area contributed by atoms with Crippen LogP contribution in [0.4, 0.5) is 10.6 Å². The number of nitrogens with zero attached hydrogens (tertiary/aromatic N) is 4. The van der Waals surface area contributed by atoms with E-state index < -0.39 is 12.2 Å². The zero-order chi connectivity index (χ0) is 25.6. The number of pyridine rings is 1. The van der Waals surface area contributed by atoms with Crippen LogP contribution in [-0.4, -0.2) is 84.6 Å². The maximum Gasteiger partial charge on any atom is 0.407 e. The van der Waals surface area contributed by atoms with Gasteiger partial charge >= 0.3 is 6.09 Å². The van der Waals surface area contributed by atoms with Crippen molar-refractivity contribution in [3.8, 4) is 0 Å². The third-order valence-corrected chi connectivity index (χ3v) is 6.92. The number of rotatable bonds is 15. The number of hydrogen-bond acceptors (Lipinski definition) is 7. The predicted octanol–water partition coefficient (Wildman–Crippen LogP) is 3.59. The number of ether oxygens (including phenoxy) is 1. The lowest BCUT2D eigenvalue weighted by atomic mass is 10.1. The lowest BCUT2D eigenvalue weighted by Crippen LogP contribution is -2.52. The summed E-state index contributed by atoms with van der Waals surface area (Å²) in [5.74, 6) is 0.583. The Morgan fingerprint density at radius 2 is 1.61 bits per heavy atom. The molecule has 0 spiro atoms. The number of piperazine rings is 1. The molecule has 1 aromatic rings. The Morgan fingerprint density at radius 1 is 0.944 bits per heavy atom. The normalized spacial score (nSPS) is 17.5. The highest BCUT2D eigenvalue weighted by molar-refractivity contribution is 6.01. The van der Waals surface area contributed by atoms with Crippen molar-refractivity contribution < 1.29 is 19.1 Å². The van der Waals surface area contributed by atoms with Gasteiger partial charge < -0.3 is 15.0 Å². The fourth-order valence-electron chi connectivity index (χ4n) is 4.79. The van der Waals surface area contributed by atoms with Gasteiger partial charge in [0.15, 0.2) is 0 Å². The van der Waals surface area contributed by atoms with Gasteiger partial charge in [0.05, 0.1) is 6.54 Å². The molecule has 0 saturated carbocycles. The van der Waals surface area contributed by atoms with Crippen LogP contribution >= 0.6 is 0 Å². The van der Waals surface area contributed by atoms with Gasteiger partial charge in [0.25, 0.3) is 0 Å². The fraction of sp³-hybridized carbons (Fsp3) is 0.704. The van der Waals surface area contributed by atoms with E-state index in [0.717, 1.165) is 44.8 Å². The van der Waals surface area contributed by atoms with Gasteiger partial charge in [-0.05, 0) is 18.6 Å². The van der Waals surface area contributed by atoms with Crippen LogP contribution in [0, 0.1) is 0 Å². The van der Waals surface area contributed by atoms with Crippen molar-refractivity contribution >= 4 is 23.7 Å². The molecule has 2 aliphatic rings. The number of alkyl carbamates (subject to hydrolysis) is 1. The number of amides is 3. The molecule has 1 aromatic heterocycles. The average molecular weight is 502 g/mol. The van der Waals surface area contributed by atoms with Crippen LogP contribution < -0.4 is 10.2 Å². The van der Waals surface area contributed by atoms with Crippen molar-refractivity contribution in [2.24, 2.45) is 0 Å². The molecule has 0 aromatic carbocycles. The molecule has 3 rings (SSSR count). The van der Waals surface area contributed by atoms with Crippen LogP contribution in [0.15, 0.2) is 24.4 Å². The van der Waals surface area contributed by atoms with E-state index in [9.17, 15) is 14.4 Å². The zero-order valence-electron chi connectivity index (χ0n) is 21.8. The van der Waals surface area contributed by atoms with E-state index in [4.69, 9.17) is 4.74 Å². The van der Waals surface area contributed by atoms with Gasteiger partial charge in [0.2, 0.25) is 11.8 Å². The SMILES string of the molecule is CCCCCCCCCCNC(=O)OC(CN1CCN(c2ccccn2)CC1)CN1C(=O)CCC1=O. The Morgan fingerprint density at radius 3 is 2.25 bits per heavy atom. The van der Waals surface area contributed by atoms with E-state index in [-0.39, 0.29) is 31.2 Å². The number of carbonyl (C=O) groups is 3. The van der Waals surface area contributed by atoms with E-state index >= 15 is 0 Å². The molecule has 2 fully saturated rings. The summed E-state index contributed by atoms with van der Waals surface area (Å²) < 4.78 is 5.73. The molecular formula is C27H43N5O4. The Kier molecular flexibility index (Phi) is 12.0. The summed E-state index contributed by atoms with van der Waals surface area (Å²) in [4.78, 5) is 47.0. The molecule has 0 bridgehead atoms. The van der Waals surface area contributed by atoms with Crippen LogP contribution in [0.3, 0.4) is 0 Å². The first-order valence-electron chi connectivity index (χ1n) is 13.7. The summed E-state index contributed by atoms with van der Waals surface area (Å²) in [6.07, 6.45) is 10.8. The Labute approximate surface area is 215 Å². The maximum atomic E-state index is 12.5. The first-order chi connectivity index (χ1) is 17.6. The Hall–Kier alpha value is -2.68. The number of carbonyl (C=O) groups excluding carboxylic acids is 3. The van der Waals surface area contributed by atoms with Crippen LogP contribution in [0.5, 0.6) is 0 Å². The monoisotopic (exact) mass is 501 g/mol. The molecule has 3 heterocycles. The predicted molar refractivity (Wildman–Crippen MR) is 140 cm³/mol. The van der Waals surface area contributed by atoms with E-state index in [0.29, 0.717) is 13.1 Å². The van der Waals surface area contributed by atoms with Gasteiger partial charge in [-0.1, -0.05) is 57.9 Å². The topological polar surface area (TPSA) is 95.1 Å². The van der Waals surface area contributed by atoms with Crippen LogP contribution in [-0.2, 0) is 14.3 Å². The number of likely N-dealkylation sites (tertiary alicyclic amines) is 1. The number of unbranched alkanes of at least 4 members (excludes halogenated alkanes) is 7. The van der Waals surface area contributed by atoms with Gasteiger partial charge in [-0.15, -0.1) is 0 Å². The van der Waals surface area contributed by atoms with Crippen LogP contribution in [0.1, 0.15) is 71.1 Å². The largest absolute Gasteiger partial charge is 0.443 e. The first-order valence-corrected chi connectivity index (χ1v) is 13.7. The number of aromatic nitrogens is 1. The van der Waals surface area contributed by atoms with Gasteiger partial charge in [0.1, 0.15) is 11.9 Å². The van der Waals surface area contributed by atoms with Gasteiger partial charge in [-0.3, -0.25) is 19.4 Å². The summed E-state index contributed by atoms with van der Waals surface area (Å²) >= 11 is 0. The average Bonchev–Trinajstić information content (AvgIpc) is 3.20. The molecule has 2 aliphatic heterocycles. The molecule has 0 aliphatic carbocycles. The smallest absolute Gasteiger partial charge is 0.407 e. The number of imide groups is 1. The van der Waals surface area contributed by atoms with Gasteiger partial charge in [0, 0.05) is 58.3 Å². The van der Waals surface area contributed by atoms with Crippen LogP contribution in [0.2, 0.25) is 0 Å². The summed E-state index contributed by atoms with van der Waals surface area (Å²) in [5.41, 5.74) is 0. The molecule has 200 valence electrons. The minimum Gasteiger partial charge on any atom is -0.443 e. The van der Waals surface area contributed by atoms with E-state index in [2.05, 4.69) is 27.0 Å². The second-order valence-corrected chi connectivity index (χ2v) is 9.80. The molecule has 1 N–H and O–H groups in total. The first kappa shape index (κ1) is 27.9. The van der Waals surface area contributed by atoms with Crippen molar-refractivity contribution in [1.82, 2.24) is 20.1 Å². The van der Waals surface area contributed by atoms with Crippen molar-refractivity contribution in [3.05, 3.63) is 24.4 Å². The zero-order valence-corrected chi connectivity index (χ0v) is 21.8. The fourth-order valence-corrected chi connectivity index (χ4v) is 4.79. The Balaban J connectivity index is 1.42. The highest BCUT2D eigenvalue weighted by Gasteiger charge is 2.33. The third kappa shape index (κ3) is 9.41. The number of nitrogens with one attached hydrogen (secondary N) is 1. The highest BCUT2D eigenvalue weighted by atomic mass is 16.6. The minimum absolute atomic E-state index is 0.114. The lowest BCUT2D eigenvalue weighted by Gasteiger charge is -2.37. The molecule has 36 heavy (non-hydrogen) atoms. The summed E-state index contributed by atoms with van der Waals surface area (Å²) in [6.45, 7) is 6.61. The molecule has 9 nitrogen and oxygen atoms in total. The lowest BCUT2D eigenvalue weighted by molar-refractivity contribution is -0.140. The van der Waals surface area contributed by atoms with Crippen molar-refractivity contribution in [3.63, 3.8) is 0 Å². The van der Waals surface area contributed by atoms with Gasteiger partial charge in [-0.25, -0.2) is 9.78 Å². The standard InChI is InChI=1S/C27H43N5O4/c1-2-3-4-5-6-7-8-10-16-29-27(35)36-23(22-32-25(33)13-14-26(32)34)21-30-17-19-31(20-18-30)24-12-9-11-15-28-24/h9,11-12,15,23H,2-8,10,13-14,16-22H2,1H3,(H,29,35).